The van der Waals surface area contributed by atoms with Gasteiger partial charge in [0.25, 0.3) is 5.91 Å². The maximum Gasteiger partial charge on any atom is 0.254 e. The number of ether oxygens (including phenoxy) is 2. The number of aryl methyl sites for hydroxylation is 1. The number of methoxy groups -OCH3 is 1. The first-order valence-corrected chi connectivity index (χ1v) is 8.19. The molecule has 1 spiro atoms. The van der Waals surface area contributed by atoms with E-state index in [0.717, 1.165) is 39.0 Å². The van der Waals surface area contributed by atoms with Crippen LogP contribution in [0.15, 0.2) is 18.2 Å². The van der Waals surface area contributed by atoms with Crippen molar-refractivity contribution in [1.82, 2.24) is 4.90 Å². The largest absolute Gasteiger partial charge is 0.382 e. The molecule has 0 aromatic heterocycles. The Kier molecular flexibility index (Phi) is 4.69. The highest BCUT2D eigenvalue weighted by Crippen LogP contribution is 2.42. The van der Waals surface area contributed by atoms with Crippen LogP contribution in [-0.2, 0) is 9.47 Å². The summed E-state index contributed by atoms with van der Waals surface area (Å²) in [7, 11) is 1.70. The summed E-state index contributed by atoms with van der Waals surface area (Å²) in [6.07, 6.45) is 3.11. The van der Waals surface area contributed by atoms with Crippen LogP contribution >= 0.6 is 0 Å². The normalized spacial score (nSPS) is 23.4. The van der Waals surface area contributed by atoms with Gasteiger partial charge in [0, 0.05) is 25.8 Å². The topological polar surface area (TPSA) is 38.8 Å². The van der Waals surface area contributed by atoms with Gasteiger partial charge in [-0.2, -0.15) is 0 Å². The summed E-state index contributed by atoms with van der Waals surface area (Å²) in [5.74, 6) is -0.298. The van der Waals surface area contributed by atoms with Gasteiger partial charge in [0.2, 0.25) is 0 Å². The van der Waals surface area contributed by atoms with Crippen molar-refractivity contribution in [2.24, 2.45) is 5.41 Å². The number of amides is 1. The number of hydrogen-bond acceptors (Lipinski definition) is 3. The molecule has 3 rings (SSSR count). The van der Waals surface area contributed by atoms with Gasteiger partial charge in [0.05, 0.1) is 19.3 Å². The highest BCUT2D eigenvalue weighted by Gasteiger charge is 2.43. The van der Waals surface area contributed by atoms with Crippen molar-refractivity contribution in [3.05, 3.63) is 35.1 Å². The summed E-state index contributed by atoms with van der Waals surface area (Å²) in [6.45, 7) is 4.65. The highest BCUT2D eigenvalue weighted by atomic mass is 19.1. The Morgan fingerprint density at radius 2 is 2.17 bits per heavy atom. The fourth-order valence-corrected chi connectivity index (χ4v) is 3.76. The van der Waals surface area contributed by atoms with E-state index in [9.17, 15) is 9.18 Å². The van der Waals surface area contributed by atoms with Gasteiger partial charge in [-0.3, -0.25) is 4.79 Å². The third-order valence-electron chi connectivity index (χ3n) is 5.17. The molecule has 2 aliphatic rings. The Labute approximate surface area is 136 Å². The molecule has 5 heteroatoms. The van der Waals surface area contributed by atoms with Crippen LogP contribution in [0.3, 0.4) is 0 Å². The van der Waals surface area contributed by atoms with Gasteiger partial charge < -0.3 is 14.4 Å². The first-order valence-electron chi connectivity index (χ1n) is 8.19. The lowest BCUT2D eigenvalue weighted by molar-refractivity contribution is 0.0281. The molecule has 0 radical (unpaired) electrons. The van der Waals surface area contributed by atoms with E-state index in [4.69, 9.17) is 9.47 Å². The molecule has 1 atom stereocenters. The standard InChI is InChI=1S/C18H24FNO3/c1-13-9-14(19)3-4-16(13)17(21)20-7-5-18(6-8-20)10-15(11-22-2)23-12-18/h3-4,9,15H,5-8,10-12H2,1-2H3. The van der Waals surface area contributed by atoms with E-state index in [1.54, 1.807) is 20.1 Å². The van der Waals surface area contributed by atoms with Gasteiger partial charge in [-0.25, -0.2) is 4.39 Å². The Balaban J connectivity index is 1.62. The van der Waals surface area contributed by atoms with E-state index in [-0.39, 0.29) is 23.2 Å². The van der Waals surface area contributed by atoms with Crippen LogP contribution in [0.25, 0.3) is 0 Å². The van der Waals surface area contributed by atoms with Crippen molar-refractivity contribution in [1.29, 1.82) is 0 Å². The average molecular weight is 321 g/mol. The van der Waals surface area contributed by atoms with Crippen molar-refractivity contribution in [2.45, 2.75) is 32.3 Å². The van der Waals surface area contributed by atoms with Gasteiger partial charge in [0.15, 0.2) is 0 Å². The van der Waals surface area contributed by atoms with E-state index in [0.29, 0.717) is 17.7 Å². The second-order valence-corrected chi connectivity index (χ2v) is 6.84. The van der Waals surface area contributed by atoms with Crippen LogP contribution in [0.5, 0.6) is 0 Å². The predicted octanol–water partition coefficient (Wildman–Crippen LogP) is 2.79. The monoisotopic (exact) mass is 321 g/mol. The quantitative estimate of drug-likeness (QED) is 0.859. The maximum atomic E-state index is 13.2. The summed E-state index contributed by atoms with van der Waals surface area (Å²) in [6, 6.07) is 4.36. The molecular weight excluding hydrogens is 297 g/mol. The maximum absolute atomic E-state index is 13.2. The van der Waals surface area contributed by atoms with Crippen molar-refractivity contribution in [3.63, 3.8) is 0 Å². The molecular formula is C18H24FNO3. The first kappa shape index (κ1) is 16.4. The zero-order valence-electron chi connectivity index (χ0n) is 13.8. The number of piperidine rings is 1. The molecule has 0 saturated carbocycles. The molecule has 23 heavy (non-hydrogen) atoms. The molecule has 2 saturated heterocycles. The van der Waals surface area contributed by atoms with Crippen LogP contribution in [-0.4, -0.2) is 50.3 Å². The van der Waals surface area contributed by atoms with Crippen LogP contribution in [0.4, 0.5) is 4.39 Å². The lowest BCUT2D eigenvalue weighted by Crippen LogP contribution is -2.43. The molecule has 126 valence electrons. The molecule has 2 heterocycles. The van der Waals surface area contributed by atoms with E-state index < -0.39 is 0 Å². The Bertz CT molecular complexity index is 582. The third kappa shape index (κ3) is 3.40. The van der Waals surface area contributed by atoms with E-state index in [1.165, 1.54) is 12.1 Å². The minimum atomic E-state index is -0.302. The number of benzene rings is 1. The van der Waals surface area contributed by atoms with Crippen molar-refractivity contribution in [2.75, 3.05) is 33.4 Å². The Hall–Kier alpha value is -1.46. The number of carbonyl (C=O) groups is 1. The fraction of sp³-hybridized carbons (Fsp3) is 0.611. The molecule has 1 amide bonds. The summed E-state index contributed by atoms with van der Waals surface area (Å²) in [5.41, 5.74) is 1.49. The number of nitrogens with zero attached hydrogens (tertiary/aromatic N) is 1. The molecule has 2 fully saturated rings. The summed E-state index contributed by atoms with van der Waals surface area (Å²) in [4.78, 5) is 14.5. The van der Waals surface area contributed by atoms with Crippen LogP contribution in [0, 0.1) is 18.2 Å². The van der Waals surface area contributed by atoms with Gasteiger partial charge in [-0.05, 0) is 55.4 Å². The number of likely N-dealkylation sites (tertiary alicyclic amines) is 1. The first-order chi connectivity index (χ1) is 11.0. The molecule has 4 nitrogen and oxygen atoms in total. The lowest BCUT2D eigenvalue weighted by Gasteiger charge is -2.38. The zero-order valence-corrected chi connectivity index (χ0v) is 13.8. The summed E-state index contributed by atoms with van der Waals surface area (Å²) < 4.78 is 24.2. The van der Waals surface area contributed by atoms with Crippen molar-refractivity contribution in [3.8, 4) is 0 Å². The fourth-order valence-electron chi connectivity index (χ4n) is 3.76. The van der Waals surface area contributed by atoms with E-state index in [1.807, 2.05) is 4.90 Å². The summed E-state index contributed by atoms with van der Waals surface area (Å²) >= 11 is 0. The molecule has 1 aromatic carbocycles. The number of rotatable bonds is 3. The number of hydrogen-bond donors (Lipinski definition) is 0. The van der Waals surface area contributed by atoms with E-state index in [2.05, 4.69) is 0 Å². The van der Waals surface area contributed by atoms with Crippen LogP contribution < -0.4 is 0 Å². The minimum Gasteiger partial charge on any atom is -0.382 e. The van der Waals surface area contributed by atoms with Crippen molar-refractivity contribution >= 4 is 5.91 Å². The molecule has 0 bridgehead atoms. The Morgan fingerprint density at radius 3 is 2.83 bits per heavy atom. The average Bonchev–Trinajstić information content (AvgIpc) is 2.90. The highest BCUT2D eigenvalue weighted by molar-refractivity contribution is 5.95. The smallest absolute Gasteiger partial charge is 0.254 e. The zero-order chi connectivity index (χ0) is 16.4. The molecule has 1 unspecified atom stereocenters. The predicted molar refractivity (Wildman–Crippen MR) is 84.9 cm³/mol. The molecule has 1 aromatic rings. The SMILES string of the molecule is COCC1CC2(CCN(C(=O)c3ccc(F)cc3C)CC2)CO1. The van der Waals surface area contributed by atoms with Gasteiger partial charge >= 0.3 is 0 Å². The van der Waals surface area contributed by atoms with Gasteiger partial charge in [-0.1, -0.05) is 0 Å². The minimum absolute atomic E-state index is 0.00436. The van der Waals surface area contributed by atoms with Crippen LogP contribution in [0.2, 0.25) is 0 Å². The van der Waals surface area contributed by atoms with Crippen LogP contribution in [0.1, 0.15) is 35.2 Å². The molecule has 0 N–H and O–H groups in total. The number of halogens is 1. The van der Waals surface area contributed by atoms with Gasteiger partial charge in [-0.15, -0.1) is 0 Å². The Morgan fingerprint density at radius 1 is 1.43 bits per heavy atom. The molecule has 0 aliphatic carbocycles. The third-order valence-corrected chi connectivity index (χ3v) is 5.17. The summed E-state index contributed by atoms with van der Waals surface area (Å²) in [5, 5.41) is 0. The lowest BCUT2D eigenvalue weighted by atomic mass is 9.76. The van der Waals surface area contributed by atoms with Crippen molar-refractivity contribution < 1.29 is 18.7 Å². The number of carbonyl (C=O) groups excluding carboxylic acids is 1. The van der Waals surface area contributed by atoms with Gasteiger partial charge in [0.1, 0.15) is 5.82 Å². The van der Waals surface area contributed by atoms with E-state index >= 15 is 0 Å². The second-order valence-electron chi connectivity index (χ2n) is 6.84. The second kappa shape index (κ2) is 6.57. The molecule has 2 aliphatic heterocycles.